The summed E-state index contributed by atoms with van der Waals surface area (Å²) in [6.45, 7) is 11.5. The van der Waals surface area contributed by atoms with E-state index in [0.29, 0.717) is 11.3 Å². The molecule has 36 heavy (non-hydrogen) atoms. The fourth-order valence-electron chi connectivity index (χ4n) is 4.19. The number of carboxylic acid groups (broad SMARTS) is 1. The first-order chi connectivity index (χ1) is 17.3. The molecule has 3 N–H and O–H groups in total. The van der Waals surface area contributed by atoms with Crippen molar-refractivity contribution >= 4 is 34.8 Å². The maximum atomic E-state index is 14.4. The number of halogens is 1. The summed E-state index contributed by atoms with van der Waals surface area (Å²) in [6, 6.07) is 12.7. The number of carboxylic acids is 1. The number of piperazine rings is 1. The van der Waals surface area contributed by atoms with Crippen molar-refractivity contribution in [3.05, 3.63) is 65.6 Å². The number of hydrogen-bond donors (Lipinski definition) is 3. The molecular formula is C27H33FN6O2. The highest BCUT2D eigenvalue weighted by atomic mass is 19.1. The van der Waals surface area contributed by atoms with Crippen LogP contribution in [0.15, 0.2) is 48.7 Å². The molecule has 0 atom stereocenters. The second-order valence-electron chi connectivity index (χ2n) is 9.53. The lowest BCUT2D eigenvalue weighted by atomic mass is 10.1. The van der Waals surface area contributed by atoms with Gasteiger partial charge in [0.15, 0.2) is 11.6 Å². The van der Waals surface area contributed by atoms with Crippen LogP contribution in [0.5, 0.6) is 0 Å². The van der Waals surface area contributed by atoms with Crippen LogP contribution < -0.4 is 15.5 Å². The first-order valence-electron chi connectivity index (χ1n) is 12.3. The van der Waals surface area contributed by atoms with Crippen LogP contribution >= 0.6 is 0 Å². The minimum Gasteiger partial charge on any atom is -0.478 e. The van der Waals surface area contributed by atoms with E-state index >= 15 is 0 Å². The fourth-order valence-corrected chi connectivity index (χ4v) is 4.19. The summed E-state index contributed by atoms with van der Waals surface area (Å²) >= 11 is 0. The molecular weight excluding hydrogens is 459 g/mol. The monoisotopic (exact) mass is 492 g/mol. The summed E-state index contributed by atoms with van der Waals surface area (Å²) in [5.74, 6) is -0.575. The molecule has 4 rings (SSSR count). The molecule has 0 saturated carbocycles. The molecule has 1 aromatic heterocycles. The second-order valence-corrected chi connectivity index (χ2v) is 9.53. The minimum absolute atomic E-state index is 0.0536. The predicted octanol–water partition coefficient (Wildman–Crippen LogP) is 5.28. The van der Waals surface area contributed by atoms with E-state index < -0.39 is 11.8 Å². The van der Waals surface area contributed by atoms with E-state index in [4.69, 9.17) is 0 Å². The summed E-state index contributed by atoms with van der Waals surface area (Å²) in [5, 5.41) is 15.2. The number of hydrogen-bond acceptors (Lipinski definition) is 7. The van der Waals surface area contributed by atoms with E-state index in [-0.39, 0.29) is 17.3 Å². The number of aromatic carboxylic acids is 1. The number of nitrogens with zero attached hydrogens (tertiary/aromatic N) is 4. The zero-order valence-corrected chi connectivity index (χ0v) is 21.0. The zero-order chi connectivity index (χ0) is 25.7. The van der Waals surface area contributed by atoms with Gasteiger partial charge in [-0.3, -0.25) is 4.90 Å². The molecule has 1 fully saturated rings. The SMILES string of the molecule is Cc1cc(Nc2ncc(F)c(Nc3ccc(N4CCN(CCC(C)C)CC4)cc3)n2)ccc1C(=O)O. The summed E-state index contributed by atoms with van der Waals surface area (Å²) in [6.07, 6.45) is 2.33. The van der Waals surface area contributed by atoms with Crippen molar-refractivity contribution in [2.45, 2.75) is 27.2 Å². The van der Waals surface area contributed by atoms with Crippen LogP contribution in [0.25, 0.3) is 0 Å². The van der Waals surface area contributed by atoms with Crippen LogP contribution in [0.3, 0.4) is 0 Å². The third-order valence-electron chi connectivity index (χ3n) is 6.35. The van der Waals surface area contributed by atoms with Crippen LogP contribution in [0.1, 0.15) is 36.2 Å². The van der Waals surface area contributed by atoms with E-state index in [2.05, 4.69) is 44.2 Å². The Morgan fingerprint density at radius 1 is 1.06 bits per heavy atom. The summed E-state index contributed by atoms with van der Waals surface area (Å²) in [7, 11) is 0. The van der Waals surface area contributed by atoms with Crippen molar-refractivity contribution in [1.82, 2.24) is 14.9 Å². The predicted molar refractivity (Wildman–Crippen MR) is 141 cm³/mol. The van der Waals surface area contributed by atoms with E-state index in [1.54, 1.807) is 19.1 Å². The van der Waals surface area contributed by atoms with Gasteiger partial charge < -0.3 is 20.6 Å². The highest BCUT2D eigenvalue weighted by molar-refractivity contribution is 5.90. The summed E-state index contributed by atoms with van der Waals surface area (Å²) in [4.78, 5) is 24.4. The van der Waals surface area contributed by atoms with Gasteiger partial charge in [-0.05, 0) is 73.8 Å². The maximum absolute atomic E-state index is 14.4. The number of rotatable bonds is 9. The summed E-state index contributed by atoms with van der Waals surface area (Å²) in [5.41, 5.74) is 3.31. The number of carbonyl (C=O) groups is 1. The molecule has 2 aromatic carbocycles. The molecule has 0 radical (unpaired) electrons. The minimum atomic E-state index is -0.988. The van der Waals surface area contributed by atoms with E-state index in [0.717, 1.165) is 56.2 Å². The standard InChI is InChI=1S/C27H33FN6O2/c1-18(2)10-11-33-12-14-34(15-13-33)22-7-4-20(5-8-22)30-25-24(28)17-29-27(32-25)31-21-6-9-23(26(35)36)19(3)16-21/h4-9,16-18H,10-15H2,1-3H3,(H,35,36)(H2,29,30,31,32). The number of aromatic nitrogens is 2. The van der Waals surface area contributed by atoms with Gasteiger partial charge in [0.05, 0.1) is 11.8 Å². The Balaban J connectivity index is 1.37. The second kappa shape index (κ2) is 11.3. The van der Waals surface area contributed by atoms with E-state index in [1.165, 1.54) is 12.5 Å². The number of nitrogens with one attached hydrogen (secondary N) is 2. The van der Waals surface area contributed by atoms with Gasteiger partial charge in [-0.1, -0.05) is 13.8 Å². The van der Waals surface area contributed by atoms with Crippen molar-refractivity contribution in [2.75, 3.05) is 48.3 Å². The van der Waals surface area contributed by atoms with Gasteiger partial charge in [0.25, 0.3) is 0 Å². The number of anilines is 5. The van der Waals surface area contributed by atoms with Crippen molar-refractivity contribution in [2.24, 2.45) is 5.92 Å². The zero-order valence-electron chi connectivity index (χ0n) is 21.0. The van der Waals surface area contributed by atoms with Gasteiger partial charge in [-0.25, -0.2) is 14.2 Å². The van der Waals surface area contributed by atoms with Crippen molar-refractivity contribution < 1.29 is 14.3 Å². The third-order valence-corrected chi connectivity index (χ3v) is 6.35. The Labute approximate surface area is 211 Å². The van der Waals surface area contributed by atoms with Crippen LogP contribution in [-0.2, 0) is 0 Å². The lowest BCUT2D eigenvalue weighted by molar-refractivity contribution is 0.0696. The van der Waals surface area contributed by atoms with Crippen molar-refractivity contribution in [3.63, 3.8) is 0 Å². The van der Waals surface area contributed by atoms with E-state index in [9.17, 15) is 14.3 Å². The van der Waals surface area contributed by atoms with Crippen LogP contribution in [0, 0.1) is 18.7 Å². The van der Waals surface area contributed by atoms with E-state index in [1.807, 2.05) is 24.3 Å². The Morgan fingerprint density at radius 3 is 2.39 bits per heavy atom. The van der Waals surface area contributed by atoms with Crippen LogP contribution in [0.4, 0.5) is 33.2 Å². The van der Waals surface area contributed by atoms with Crippen molar-refractivity contribution in [3.8, 4) is 0 Å². The van der Waals surface area contributed by atoms with Gasteiger partial charge in [0, 0.05) is 43.2 Å². The first kappa shape index (κ1) is 25.4. The highest BCUT2D eigenvalue weighted by Gasteiger charge is 2.17. The molecule has 0 amide bonds. The quantitative estimate of drug-likeness (QED) is 0.372. The molecule has 0 aliphatic carbocycles. The molecule has 9 heteroatoms. The Morgan fingerprint density at radius 2 is 1.75 bits per heavy atom. The van der Waals surface area contributed by atoms with Crippen molar-refractivity contribution in [1.29, 1.82) is 0 Å². The number of aryl methyl sites for hydroxylation is 1. The molecule has 190 valence electrons. The Kier molecular flexibility index (Phi) is 8.00. The molecule has 1 aliphatic rings. The largest absolute Gasteiger partial charge is 0.478 e. The lowest BCUT2D eigenvalue weighted by Crippen LogP contribution is -2.46. The summed E-state index contributed by atoms with van der Waals surface area (Å²) < 4.78 is 14.4. The molecule has 0 unspecified atom stereocenters. The topological polar surface area (TPSA) is 93.6 Å². The van der Waals surface area contributed by atoms with Crippen LogP contribution in [-0.4, -0.2) is 58.7 Å². The van der Waals surface area contributed by atoms with Gasteiger partial charge in [-0.2, -0.15) is 4.98 Å². The smallest absolute Gasteiger partial charge is 0.335 e. The van der Waals surface area contributed by atoms with Gasteiger partial charge in [0.1, 0.15) is 0 Å². The molecule has 1 saturated heterocycles. The molecule has 0 spiro atoms. The number of benzene rings is 2. The molecule has 1 aliphatic heterocycles. The lowest BCUT2D eigenvalue weighted by Gasteiger charge is -2.36. The normalized spacial score (nSPS) is 14.2. The molecule has 0 bridgehead atoms. The van der Waals surface area contributed by atoms with Gasteiger partial charge in [-0.15, -0.1) is 0 Å². The molecule has 3 aromatic rings. The fraction of sp³-hybridized carbons (Fsp3) is 0.370. The van der Waals surface area contributed by atoms with Gasteiger partial charge >= 0.3 is 5.97 Å². The Bertz CT molecular complexity index is 1190. The highest BCUT2D eigenvalue weighted by Crippen LogP contribution is 2.24. The third kappa shape index (κ3) is 6.48. The average molecular weight is 493 g/mol. The average Bonchev–Trinajstić information content (AvgIpc) is 2.85. The first-order valence-corrected chi connectivity index (χ1v) is 12.3. The Hall–Kier alpha value is -3.72. The molecule has 8 nitrogen and oxygen atoms in total. The molecule has 2 heterocycles. The van der Waals surface area contributed by atoms with Crippen LogP contribution in [0.2, 0.25) is 0 Å². The maximum Gasteiger partial charge on any atom is 0.335 e. The van der Waals surface area contributed by atoms with Gasteiger partial charge in [0.2, 0.25) is 5.95 Å².